The third-order valence-electron chi connectivity index (χ3n) is 6.92. The maximum Gasteiger partial charge on any atom is 0.435 e. The minimum Gasteiger partial charge on any atom is -0.394 e. The monoisotopic (exact) mass is 472 g/mol. The van der Waals surface area contributed by atoms with Crippen molar-refractivity contribution >= 4 is 5.71 Å². The second-order valence-corrected chi connectivity index (χ2v) is 8.88. The molecule has 4 heterocycles. The van der Waals surface area contributed by atoms with Gasteiger partial charge in [-0.25, -0.2) is 4.68 Å². The summed E-state index contributed by atoms with van der Waals surface area (Å²) in [6.45, 7) is 0.285. The normalized spacial score (nSPS) is 26.0. The van der Waals surface area contributed by atoms with Gasteiger partial charge in [0.15, 0.2) is 5.69 Å². The molecule has 0 saturated carbocycles. The molecule has 0 bridgehead atoms. The number of dihydropyridines is 1. The average Bonchev–Trinajstić information content (AvgIpc) is 3.57. The topological polar surface area (TPSA) is 116 Å². The number of hydrogen-bond acceptors (Lipinski definition) is 7. The van der Waals surface area contributed by atoms with Crippen LogP contribution in [0.5, 0.6) is 0 Å². The number of aliphatic hydroxyl groups excluding tert-OH is 1. The second kappa shape index (κ2) is 7.83. The first-order valence-electron chi connectivity index (χ1n) is 11.3. The van der Waals surface area contributed by atoms with E-state index < -0.39 is 17.9 Å². The Labute approximate surface area is 192 Å². The summed E-state index contributed by atoms with van der Waals surface area (Å²) in [6, 6.07) is -0.670. The van der Waals surface area contributed by atoms with Gasteiger partial charge in [0, 0.05) is 17.5 Å². The fourth-order valence-corrected chi connectivity index (χ4v) is 5.52. The number of rotatable bonds is 4. The van der Waals surface area contributed by atoms with E-state index in [1.165, 1.54) is 6.20 Å². The number of aromatic amines is 1. The number of allylic oxidation sites excluding steroid dienone is 2. The predicted octanol–water partition coefficient (Wildman–Crippen LogP) is 2.34. The van der Waals surface area contributed by atoms with Crippen molar-refractivity contribution in [1.82, 2.24) is 35.9 Å². The summed E-state index contributed by atoms with van der Waals surface area (Å²) in [5, 5.41) is 31.4. The molecule has 2 aliphatic heterocycles. The lowest BCUT2D eigenvalue weighted by Gasteiger charge is -2.40. The Bertz CT molecular complexity index is 1250. The Morgan fingerprint density at radius 2 is 2.06 bits per heavy atom. The molecule has 0 fully saturated rings. The van der Waals surface area contributed by atoms with Gasteiger partial charge < -0.3 is 15.8 Å². The van der Waals surface area contributed by atoms with Crippen LogP contribution in [0.2, 0.25) is 0 Å². The third kappa shape index (κ3) is 3.27. The Balaban J connectivity index is 1.43. The summed E-state index contributed by atoms with van der Waals surface area (Å²) in [5.74, 6) is -0.137. The van der Waals surface area contributed by atoms with Gasteiger partial charge in [-0.05, 0) is 48.5 Å². The molecule has 3 atom stereocenters. The SMILES string of the molecule is OCCn1cc(C2=NNC3C=CC4=C(C5=C(CCCC5)C(c5c[nH]nc5C(F)(F)F)N4)C23)nn1. The van der Waals surface area contributed by atoms with Crippen LogP contribution in [0.15, 0.2) is 52.1 Å². The Kier molecular flexibility index (Phi) is 4.87. The number of hydrazone groups is 1. The number of aliphatic hydroxyl groups is 1. The first-order chi connectivity index (χ1) is 16.5. The van der Waals surface area contributed by atoms with Crippen molar-refractivity contribution in [3.63, 3.8) is 0 Å². The fourth-order valence-electron chi connectivity index (χ4n) is 5.52. The summed E-state index contributed by atoms with van der Waals surface area (Å²) in [5.41, 5.74) is 7.73. The first-order valence-corrected chi connectivity index (χ1v) is 11.3. The highest BCUT2D eigenvalue weighted by atomic mass is 19.4. The van der Waals surface area contributed by atoms with Gasteiger partial charge in [0.1, 0.15) is 5.69 Å². The van der Waals surface area contributed by atoms with Gasteiger partial charge in [-0.1, -0.05) is 11.3 Å². The van der Waals surface area contributed by atoms with Crippen LogP contribution >= 0.6 is 0 Å². The van der Waals surface area contributed by atoms with Crippen molar-refractivity contribution in [2.45, 2.75) is 50.5 Å². The van der Waals surface area contributed by atoms with E-state index in [0.29, 0.717) is 12.2 Å². The molecular weight excluding hydrogens is 449 g/mol. The number of aromatic nitrogens is 5. The molecule has 2 aromatic rings. The van der Waals surface area contributed by atoms with Crippen LogP contribution in [0, 0.1) is 5.92 Å². The summed E-state index contributed by atoms with van der Waals surface area (Å²) in [7, 11) is 0. The highest BCUT2D eigenvalue weighted by Crippen LogP contribution is 2.48. The van der Waals surface area contributed by atoms with Gasteiger partial charge in [-0.15, -0.1) is 5.10 Å². The maximum absolute atomic E-state index is 13.7. The van der Waals surface area contributed by atoms with Crippen molar-refractivity contribution in [2.75, 3.05) is 6.61 Å². The Morgan fingerprint density at radius 3 is 2.88 bits per heavy atom. The van der Waals surface area contributed by atoms with Crippen molar-refractivity contribution in [3.8, 4) is 0 Å². The summed E-state index contributed by atoms with van der Waals surface area (Å²) < 4.78 is 42.5. The average molecular weight is 472 g/mol. The molecular formula is C22H23F3N8O. The van der Waals surface area contributed by atoms with Crippen molar-refractivity contribution < 1.29 is 18.3 Å². The Morgan fingerprint density at radius 1 is 1.21 bits per heavy atom. The summed E-state index contributed by atoms with van der Waals surface area (Å²) in [6.07, 6.45) is 5.92. The van der Waals surface area contributed by atoms with Crippen LogP contribution in [-0.4, -0.2) is 48.7 Å². The molecule has 6 rings (SSSR count). The van der Waals surface area contributed by atoms with E-state index in [1.807, 2.05) is 12.2 Å². The number of halogens is 3. The lowest BCUT2D eigenvalue weighted by molar-refractivity contribution is -0.142. The van der Waals surface area contributed by atoms with E-state index in [1.54, 1.807) is 10.9 Å². The van der Waals surface area contributed by atoms with E-state index in [2.05, 4.69) is 36.4 Å². The second-order valence-electron chi connectivity index (χ2n) is 8.88. The molecule has 4 aliphatic rings. The van der Waals surface area contributed by atoms with Crippen molar-refractivity contribution in [1.29, 1.82) is 0 Å². The van der Waals surface area contributed by atoms with E-state index in [-0.39, 0.29) is 24.1 Å². The molecule has 178 valence electrons. The number of alkyl halides is 3. The van der Waals surface area contributed by atoms with Gasteiger partial charge in [0.25, 0.3) is 0 Å². The minimum atomic E-state index is -4.54. The zero-order valence-corrected chi connectivity index (χ0v) is 18.1. The van der Waals surface area contributed by atoms with Gasteiger partial charge >= 0.3 is 6.18 Å². The number of hydrogen-bond donors (Lipinski definition) is 4. The molecule has 0 saturated heterocycles. The van der Waals surface area contributed by atoms with Gasteiger partial charge in [-0.3, -0.25) is 5.10 Å². The van der Waals surface area contributed by atoms with Crippen molar-refractivity contribution in [3.05, 3.63) is 63.9 Å². The molecule has 4 N–H and O–H groups in total. The fraction of sp³-hybridized carbons (Fsp3) is 0.455. The smallest absolute Gasteiger partial charge is 0.394 e. The highest BCUT2D eigenvalue weighted by molar-refractivity contribution is 6.04. The number of fused-ring (bicyclic) bond motifs is 3. The molecule has 9 nitrogen and oxygen atoms in total. The van der Waals surface area contributed by atoms with Crippen LogP contribution < -0.4 is 10.7 Å². The van der Waals surface area contributed by atoms with Crippen molar-refractivity contribution in [2.24, 2.45) is 11.0 Å². The first kappa shape index (κ1) is 21.1. The summed E-state index contributed by atoms with van der Waals surface area (Å²) >= 11 is 0. The van der Waals surface area contributed by atoms with Gasteiger partial charge in [-0.2, -0.15) is 23.4 Å². The lowest BCUT2D eigenvalue weighted by atomic mass is 9.70. The molecule has 12 heteroatoms. The molecule has 2 aliphatic carbocycles. The van der Waals surface area contributed by atoms with E-state index in [9.17, 15) is 18.3 Å². The third-order valence-corrected chi connectivity index (χ3v) is 6.92. The van der Waals surface area contributed by atoms with E-state index in [4.69, 9.17) is 0 Å². The predicted molar refractivity (Wildman–Crippen MR) is 115 cm³/mol. The van der Waals surface area contributed by atoms with E-state index >= 15 is 0 Å². The van der Waals surface area contributed by atoms with Gasteiger partial charge in [0.2, 0.25) is 0 Å². The number of nitrogens with one attached hydrogen (secondary N) is 3. The van der Waals surface area contributed by atoms with Crippen LogP contribution in [0.25, 0.3) is 0 Å². The standard InChI is InChI=1S/C22H23F3N8O/c23-22(24,25)21-13(9-26-31-21)19-12-4-2-1-3-11(12)17-14(27-19)5-6-15-18(17)20(30-28-15)16-10-33(7-8-34)32-29-16/h5-6,9-10,15,18-19,27-28,34H,1-4,7-8H2,(H,26,31). The van der Waals surface area contributed by atoms with Crippen LogP contribution in [0.4, 0.5) is 13.2 Å². The summed E-state index contributed by atoms with van der Waals surface area (Å²) in [4.78, 5) is 0. The van der Waals surface area contributed by atoms with E-state index in [0.717, 1.165) is 53.8 Å². The molecule has 3 unspecified atom stereocenters. The largest absolute Gasteiger partial charge is 0.435 e. The lowest BCUT2D eigenvalue weighted by Crippen LogP contribution is -2.40. The highest BCUT2D eigenvalue weighted by Gasteiger charge is 2.45. The maximum atomic E-state index is 13.7. The van der Waals surface area contributed by atoms with Gasteiger partial charge in [0.05, 0.1) is 43.1 Å². The molecule has 2 aromatic heterocycles. The molecule has 34 heavy (non-hydrogen) atoms. The molecule has 0 amide bonds. The number of nitrogens with zero attached hydrogens (tertiary/aromatic N) is 5. The number of H-pyrrole nitrogens is 1. The van der Waals surface area contributed by atoms with Crippen LogP contribution in [0.1, 0.15) is 48.7 Å². The zero-order chi connectivity index (χ0) is 23.4. The van der Waals surface area contributed by atoms with Crippen LogP contribution in [0.3, 0.4) is 0 Å². The molecule has 0 spiro atoms. The molecule has 0 aromatic carbocycles. The zero-order valence-electron chi connectivity index (χ0n) is 18.1. The minimum absolute atomic E-state index is 0.0485. The Hall–Kier alpha value is -3.41. The molecule has 0 radical (unpaired) electrons. The quantitative estimate of drug-likeness (QED) is 0.543. The van der Waals surface area contributed by atoms with Crippen LogP contribution in [-0.2, 0) is 12.7 Å².